The summed E-state index contributed by atoms with van der Waals surface area (Å²) in [7, 11) is 1.94. The van der Waals surface area contributed by atoms with Crippen LogP contribution in [0.25, 0.3) is 0 Å². The van der Waals surface area contributed by atoms with Crippen molar-refractivity contribution in [2.24, 2.45) is 0 Å². The van der Waals surface area contributed by atoms with Gasteiger partial charge in [-0.05, 0) is 6.42 Å². The molecule has 0 amide bonds. The van der Waals surface area contributed by atoms with E-state index in [-0.39, 0.29) is 19.6 Å². The number of hydrogen-bond acceptors (Lipinski definition) is 4. The minimum absolute atomic E-state index is 0.111. The van der Waals surface area contributed by atoms with Gasteiger partial charge < -0.3 is 25.0 Å². The fourth-order valence-electron chi connectivity index (χ4n) is 0.507. The topological polar surface area (TPSA) is 85.0 Å². The summed E-state index contributed by atoms with van der Waals surface area (Å²) < 4.78 is 0. The Morgan fingerprint density at radius 2 is 1.62 bits per heavy atom. The molecular formula is C8H19NO4. The first-order valence-electron chi connectivity index (χ1n) is 4.31. The molecule has 5 nitrogen and oxygen atoms in total. The molecular weight excluding hydrogens is 174 g/mol. The lowest BCUT2D eigenvalue weighted by Crippen LogP contribution is -3.10. The van der Waals surface area contributed by atoms with Gasteiger partial charge in [0, 0.05) is 5.97 Å². The number of rotatable bonds is 5. The Labute approximate surface area is 78.6 Å². The maximum Gasteiger partial charge on any atom is 0.100 e. The molecule has 0 heterocycles. The minimum Gasteiger partial charge on any atom is -0.550 e. The van der Waals surface area contributed by atoms with E-state index in [1.54, 1.807) is 0 Å². The zero-order chi connectivity index (χ0) is 10.7. The van der Waals surface area contributed by atoms with Crippen molar-refractivity contribution < 1.29 is 25.0 Å². The van der Waals surface area contributed by atoms with Gasteiger partial charge in [-0.25, -0.2) is 0 Å². The average molecular weight is 193 g/mol. The van der Waals surface area contributed by atoms with E-state index in [0.717, 1.165) is 18.0 Å². The maximum absolute atomic E-state index is 9.26. The first kappa shape index (κ1) is 14.9. The van der Waals surface area contributed by atoms with Crippen LogP contribution in [0, 0.1) is 0 Å². The molecule has 0 saturated carbocycles. The lowest BCUT2D eigenvalue weighted by molar-refractivity contribution is -0.880. The Kier molecular flexibility index (Phi) is 13.0. The van der Waals surface area contributed by atoms with Gasteiger partial charge in [-0.2, -0.15) is 0 Å². The third-order valence-corrected chi connectivity index (χ3v) is 1.37. The molecule has 0 rings (SSSR count). The molecule has 0 aromatic carbocycles. The molecule has 0 aliphatic rings. The number of hydrogen-bond donors (Lipinski definition) is 3. The predicted molar refractivity (Wildman–Crippen MR) is 46.1 cm³/mol. The second-order valence-electron chi connectivity index (χ2n) is 2.63. The number of aliphatic hydroxyl groups is 2. The van der Waals surface area contributed by atoms with Crippen LogP contribution < -0.4 is 10.0 Å². The van der Waals surface area contributed by atoms with Crippen LogP contribution in [-0.2, 0) is 4.79 Å². The monoisotopic (exact) mass is 193 g/mol. The number of aliphatic hydroxyl groups excluding tert-OH is 2. The van der Waals surface area contributed by atoms with Crippen molar-refractivity contribution >= 4 is 5.97 Å². The van der Waals surface area contributed by atoms with E-state index in [9.17, 15) is 9.90 Å². The molecule has 0 bridgehead atoms. The average Bonchev–Trinajstić information content (AvgIpc) is 2.06. The molecule has 0 unspecified atom stereocenters. The number of carbonyl (C=O) groups is 1. The molecule has 0 saturated heterocycles. The van der Waals surface area contributed by atoms with E-state index >= 15 is 0 Å². The Balaban J connectivity index is 0. The third kappa shape index (κ3) is 18.4. The molecule has 0 radical (unpaired) electrons. The predicted octanol–water partition coefficient (Wildman–Crippen LogP) is -3.37. The second-order valence-corrected chi connectivity index (χ2v) is 2.63. The second kappa shape index (κ2) is 11.4. The summed E-state index contributed by atoms with van der Waals surface area (Å²) in [4.78, 5) is 10.4. The lowest BCUT2D eigenvalue weighted by Gasteiger charge is -2.08. The minimum atomic E-state index is -0.995. The quantitative estimate of drug-likeness (QED) is 0.425. The van der Waals surface area contributed by atoms with Crippen molar-refractivity contribution in [3.05, 3.63) is 0 Å². The van der Waals surface area contributed by atoms with Gasteiger partial charge in [-0.15, -0.1) is 0 Å². The van der Waals surface area contributed by atoms with Gasteiger partial charge in [-0.1, -0.05) is 6.92 Å². The summed E-state index contributed by atoms with van der Waals surface area (Å²) in [5.41, 5.74) is 0. The highest BCUT2D eigenvalue weighted by Crippen LogP contribution is 1.61. The first-order chi connectivity index (χ1) is 6.08. The summed E-state index contributed by atoms with van der Waals surface area (Å²) in [6.07, 6.45) is 0.111. The highest BCUT2D eigenvalue weighted by atomic mass is 16.4. The molecule has 0 aliphatic heterocycles. The first-order valence-corrected chi connectivity index (χ1v) is 4.31. The van der Waals surface area contributed by atoms with E-state index in [4.69, 9.17) is 10.2 Å². The standard InChI is InChI=1S/C5H13NO2.C3H6O2/c1-6(2-4-7)3-5-8;1-2-3(4)5/h7-8H,2-5H2,1H3;2H2,1H3,(H,4,5). The van der Waals surface area contributed by atoms with E-state index in [2.05, 4.69) is 0 Å². The summed E-state index contributed by atoms with van der Waals surface area (Å²) in [6.45, 7) is 3.38. The van der Waals surface area contributed by atoms with Gasteiger partial charge in [0.15, 0.2) is 0 Å². The van der Waals surface area contributed by atoms with Crippen LogP contribution in [0.1, 0.15) is 13.3 Å². The lowest BCUT2D eigenvalue weighted by atomic mass is 10.5. The Morgan fingerprint density at radius 3 is 1.77 bits per heavy atom. The van der Waals surface area contributed by atoms with E-state index in [1.807, 2.05) is 7.05 Å². The Hall–Kier alpha value is -0.650. The van der Waals surface area contributed by atoms with Gasteiger partial charge in [0.05, 0.1) is 20.3 Å². The number of carboxylic acid groups (broad SMARTS) is 1. The van der Waals surface area contributed by atoms with Crippen LogP contribution in [0.2, 0.25) is 0 Å². The van der Waals surface area contributed by atoms with Crippen molar-refractivity contribution in [3.8, 4) is 0 Å². The highest BCUT2D eigenvalue weighted by Gasteiger charge is 1.95. The summed E-state index contributed by atoms with van der Waals surface area (Å²) >= 11 is 0. The Bertz CT molecular complexity index is 113. The molecule has 13 heavy (non-hydrogen) atoms. The van der Waals surface area contributed by atoms with Crippen molar-refractivity contribution in [3.63, 3.8) is 0 Å². The van der Waals surface area contributed by atoms with Crippen molar-refractivity contribution in [1.82, 2.24) is 0 Å². The van der Waals surface area contributed by atoms with E-state index in [1.165, 1.54) is 6.92 Å². The maximum atomic E-state index is 9.26. The summed E-state index contributed by atoms with van der Waals surface area (Å²) in [5.74, 6) is -0.995. The molecule has 80 valence electrons. The van der Waals surface area contributed by atoms with Gasteiger partial charge >= 0.3 is 0 Å². The molecule has 0 atom stereocenters. The van der Waals surface area contributed by atoms with E-state index in [0.29, 0.717) is 0 Å². The number of quaternary nitrogens is 1. The zero-order valence-corrected chi connectivity index (χ0v) is 8.25. The highest BCUT2D eigenvalue weighted by molar-refractivity contribution is 5.63. The number of nitrogens with one attached hydrogen (secondary N) is 1. The summed E-state index contributed by atoms with van der Waals surface area (Å²) in [6, 6.07) is 0. The molecule has 0 aromatic rings. The van der Waals surface area contributed by atoms with Crippen LogP contribution >= 0.6 is 0 Å². The number of aliphatic carboxylic acids is 1. The SMILES string of the molecule is CCC(=O)[O-].C[NH+](CCO)CCO. The molecule has 5 heteroatoms. The number of carbonyl (C=O) groups excluding carboxylic acids is 1. The van der Waals surface area contributed by atoms with Gasteiger partial charge in [0.1, 0.15) is 13.1 Å². The van der Waals surface area contributed by atoms with Crippen LogP contribution in [0.4, 0.5) is 0 Å². The molecule has 0 fully saturated rings. The number of carboxylic acids is 1. The van der Waals surface area contributed by atoms with Gasteiger partial charge in [0.2, 0.25) is 0 Å². The van der Waals surface area contributed by atoms with Crippen molar-refractivity contribution in [2.45, 2.75) is 13.3 Å². The molecule has 0 spiro atoms. The molecule has 0 aliphatic carbocycles. The smallest absolute Gasteiger partial charge is 0.100 e. The van der Waals surface area contributed by atoms with E-state index < -0.39 is 5.97 Å². The van der Waals surface area contributed by atoms with Crippen LogP contribution in [0.5, 0.6) is 0 Å². The van der Waals surface area contributed by atoms with Crippen LogP contribution in [0.15, 0.2) is 0 Å². The van der Waals surface area contributed by atoms with Crippen molar-refractivity contribution in [1.29, 1.82) is 0 Å². The third-order valence-electron chi connectivity index (χ3n) is 1.37. The normalized spacial score (nSPS) is 9.31. The fourth-order valence-corrected chi connectivity index (χ4v) is 0.507. The summed E-state index contributed by atoms with van der Waals surface area (Å²) in [5, 5.41) is 26.0. The fraction of sp³-hybridized carbons (Fsp3) is 0.875. The van der Waals surface area contributed by atoms with Crippen LogP contribution in [-0.4, -0.2) is 49.5 Å². The van der Waals surface area contributed by atoms with Crippen LogP contribution in [0.3, 0.4) is 0 Å². The number of likely N-dealkylation sites (N-methyl/N-ethyl adjacent to an activating group) is 1. The largest absolute Gasteiger partial charge is 0.550 e. The van der Waals surface area contributed by atoms with Crippen molar-refractivity contribution in [2.75, 3.05) is 33.4 Å². The Morgan fingerprint density at radius 1 is 1.31 bits per heavy atom. The van der Waals surface area contributed by atoms with Gasteiger partial charge in [-0.3, -0.25) is 0 Å². The van der Waals surface area contributed by atoms with Gasteiger partial charge in [0.25, 0.3) is 0 Å². The molecule has 0 aromatic heterocycles. The molecule has 3 N–H and O–H groups in total. The zero-order valence-electron chi connectivity index (χ0n) is 8.25.